The number of likely N-dealkylation sites (tertiary alicyclic amines) is 1. The summed E-state index contributed by atoms with van der Waals surface area (Å²) in [5, 5.41) is 0. The first-order chi connectivity index (χ1) is 9.87. The minimum absolute atomic E-state index is 0.0327. The van der Waals surface area contributed by atoms with E-state index in [1.807, 2.05) is 6.07 Å². The summed E-state index contributed by atoms with van der Waals surface area (Å²) in [5.41, 5.74) is 2.57. The molecule has 0 saturated carbocycles. The van der Waals surface area contributed by atoms with E-state index in [0.29, 0.717) is 32.2 Å². The molecule has 0 aromatic heterocycles. The van der Waals surface area contributed by atoms with Crippen LogP contribution in [0.4, 0.5) is 8.78 Å². The Kier molecular flexibility index (Phi) is 5.20. The third-order valence-electron chi connectivity index (χ3n) is 4.14. The van der Waals surface area contributed by atoms with Crippen molar-refractivity contribution in [3.05, 3.63) is 29.3 Å². The van der Waals surface area contributed by atoms with Crippen LogP contribution in [0.2, 0.25) is 0 Å². The third-order valence-corrected chi connectivity index (χ3v) is 4.14. The predicted molar refractivity (Wildman–Crippen MR) is 81.4 cm³/mol. The first-order valence-electron chi connectivity index (χ1n) is 7.71. The minimum atomic E-state index is -2.47. The Morgan fingerprint density at radius 3 is 2.52 bits per heavy atom. The lowest BCUT2D eigenvalue weighted by Crippen LogP contribution is -2.41. The average molecular weight is 297 g/mol. The molecule has 1 aliphatic heterocycles. The van der Waals surface area contributed by atoms with Crippen LogP contribution in [0.25, 0.3) is 0 Å². The summed E-state index contributed by atoms with van der Waals surface area (Å²) in [4.78, 5) is 2.05. The highest BCUT2D eigenvalue weighted by Gasteiger charge is 2.33. The minimum Gasteiger partial charge on any atom is -0.492 e. The number of hydrogen-bond donors (Lipinski definition) is 0. The molecule has 1 fully saturated rings. The SMILES string of the molecule is Cc1ccc(OCCN2CCC(F)(F)CC2)cc1C(C)C. The molecule has 0 N–H and O–H groups in total. The van der Waals surface area contributed by atoms with Gasteiger partial charge in [-0.05, 0) is 36.1 Å². The largest absolute Gasteiger partial charge is 0.492 e. The predicted octanol–water partition coefficient (Wildman–Crippen LogP) is 4.23. The lowest BCUT2D eigenvalue weighted by molar-refractivity contribution is -0.0564. The number of halogens is 2. The molecule has 4 heteroatoms. The zero-order valence-corrected chi connectivity index (χ0v) is 13.2. The van der Waals surface area contributed by atoms with Gasteiger partial charge in [-0.2, -0.15) is 0 Å². The number of benzene rings is 1. The van der Waals surface area contributed by atoms with Crippen LogP contribution in [-0.2, 0) is 0 Å². The van der Waals surface area contributed by atoms with Crippen molar-refractivity contribution in [2.75, 3.05) is 26.2 Å². The maximum Gasteiger partial charge on any atom is 0.250 e. The van der Waals surface area contributed by atoms with E-state index < -0.39 is 5.92 Å². The molecule has 1 aromatic rings. The second kappa shape index (κ2) is 6.73. The normalized spacial score (nSPS) is 19.0. The highest BCUT2D eigenvalue weighted by Crippen LogP contribution is 2.27. The van der Waals surface area contributed by atoms with Crippen molar-refractivity contribution in [1.29, 1.82) is 0 Å². The fraction of sp³-hybridized carbons (Fsp3) is 0.647. The lowest BCUT2D eigenvalue weighted by atomic mass is 9.98. The summed E-state index contributed by atoms with van der Waals surface area (Å²) in [6, 6.07) is 6.14. The van der Waals surface area contributed by atoms with E-state index >= 15 is 0 Å². The van der Waals surface area contributed by atoms with Gasteiger partial charge in [0, 0.05) is 32.5 Å². The van der Waals surface area contributed by atoms with Gasteiger partial charge in [0.05, 0.1) is 0 Å². The molecule has 0 bridgehead atoms. The van der Waals surface area contributed by atoms with Crippen molar-refractivity contribution in [3.63, 3.8) is 0 Å². The van der Waals surface area contributed by atoms with Gasteiger partial charge < -0.3 is 4.74 Å². The van der Waals surface area contributed by atoms with E-state index in [2.05, 4.69) is 37.8 Å². The summed E-state index contributed by atoms with van der Waals surface area (Å²) < 4.78 is 31.9. The number of aryl methyl sites for hydroxylation is 1. The van der Waals surface area contributed by atoms with Crippen molar-refractivity contribution in [2.24, 2.45) is 0 Å². The van der Waals surface area contributed by atoms with Crippen LogP contribution in [0.1, 0.15) is 43.7 Å². The van der Waals surface area contributed by atoms with E-state index in [-0.39, 0.29) is 12.8 Å². The molecule has 0 atom stereocenters. The molecule has 0 unspecified atom stereocenters. The number of alkyl halides is 2. The number of nitrogens with zero attached hydrogens (tertiary/aromatic N) is 1. The Morgan fingerprint density at radius 2 is 1.90 bits per heavy atom. The Hall–Kier alpha value is -1.16. The van der Waals surface area contributed by atoms with Crippen LogP contribution >= 0.6 is 0 Å². The first kappa shape index (κ1) is 16.2. The molecule has 0 spiro atoms. The lowest BCUT2D eigenvalue weighted by Gasteiger charge is -2.31. The molecule has 1 saturated heterocycles. The summed E-state index contributed by atoms with van der Waals surface area (Å²) in [7, 11) is 0. The second-order valence-corrected chi connectivity index (χ2v) is 6.22. The fourth-order valence-corrected chi connectivity index (χ4v) is 2.73. The zero-order valence-electron chi connectivity index (χ0n) is 13.2. The summed E-state index contributed by atoms with van der Waals surface area (Å²) in [6.07, 6.45) is -0.0654. The third kappa shape index (κ3) is 4.67. The van der Waals surface area contributed by atoms with Gasteiger partial charge in [0.2, 0.25) is 0 Å². The Bertz CT molecular complexity index is 464. The topological polar surface area (TPSA) is 12.5 Å². The van der Waals surface area contributed by atoms with E-state index in [4.69, 9.17) is 4.74 Å². The van der Waals surface area contributed by atoms with Gasteiger partial charge in [-0.1, -0.05) is 19.9 Å². The van der Waals surface area contributed by atoms with E-state index in [0.717, 1.165) is 5.75 Å². The fourth-order valence-electron chi connectivity index (χ4n) is 2.73. The van der Waals surface area contributed by atoms with Crippen LogP contribution in [-0.4, -0.2) is 37.1 Å². The molecular formula is C17H25F2NO. The molecule has 0 radical (unpaired) electrons. The summed E-state index contributed by atoms with van der Waals surface area (Å²) in [6.45, 7) is 8.61. The van der Waals surface area contributed by atoms with Gasteiger partial charge in [0.25, 0.3) is 5.92 Å². The number of rotatable bonds is 5. The molecule has 2 rings (SSSR count). The summed E-state index contributed by atoms with van der Waals surface area (Å²) in [5.74, 6) is -1.13. The maximum absolute atomic E-state index is 13.1. The molecule has 2 nitrogen and oxygen atoms in total. The van der Waals surface area contributed by atoms with Crippen molar-refractivity contribution >= 4 is 0 Å². The van der Waals surface area contributed by atoms with Crippen molar-refractivity contribution in [3.8, 4) is 5.75 Å². The molecule has 1 aromatic carbocycles. The Labute approximate surface area is 126 Å². The number of ether oxygens (including phenoxy) is 1. The highest BCUT2D eigenvalue weighted by molar-refractivity contribution is 5.36. The second-order valence-electron chi connectivity index (χ2n) is 6.22. The van der Waals surface area contributed by atoms with E-state index in [1.165, 1.54) is 11.1 Å². The smallest absolute Gasteiger partial charge is 0.250 e. The molecular weight excluding hydrogens is 272 g/mol. The van der Waals surface area contributed by atoms with Crippen molar-refractivity contribution in [1.82, 2.24) is 4.90 Å². The van der Waals surface area contributed by atoms with Gasteiger partial charge in [-0.25, -0.2) is 8.78 Å². The Balaban J connectivity index is 1.80. The standard InChI is InChI=1S/C17H25F2NO/c1-13(2)16-12-15(5-4-14(16)3)21-11-10-20-8-6-17(18,19)7-9-20/h4-5,12-13H,6-11H2,1-3H3. The molecule has 21 heavy (non-hydrogen) atoms. The molecule has 0 amide bonds. The first-order valence-corrected chi connectivity index (χ1v) is 7.71. The van der Waals surface area contributed by atoms with E-state index in [1.54, 1.807) is 0 Å². The van der Waals surface area contributed by atoms with Crippen LogP contribution in [0.3, 0.4) is 0 Å². The quantitative estimate of drug-likeness (QED) is 0.806. The number of hydrogen-bond acceptors (Lipinski definition) is 2. The highest BCUT2D eigenvalue weighted by atomic mass is 19.3. The molecule has 1 heterocycles. The maximum atomic E-state index is 13.1. The molecule has 118 valence electrons. The number of piperidine rings is 1. The van der Waals surface area contributed by atoms with Crippen LogP contribution < -0.4 is 4.74 Å². The van der Waals surface area contributed by atoms with Crippen molar-refractivity contribution < 1.29 is 13.5 Å². The Morgan fingerprint density at radius 1 is 1.24 bits per heavy atom. The van der Waals surface area contributed by atoms with Crippen LogP contribution in [0.15, 0.2) is 18.2 Å². The molecule has 0 aliphatic carbocycles. The van der Waals surface area contributed by atoms with Gasteiger partial charge in [0.1, 0.15) is 12.4 Å². The van der Waals surface area contributed by atoms with Gasteiger partial charge in [-0.3, -0.25) is 4.90 Å². The van der Waals surface area contributed by atoms with Crippen LogP contribution in [0, 0.1) is 6.92 Å². The average Bonchev–Trinajstić information content (AvgIpc) is 2.42. The van der Waals surface area contributed by atoms with Crippen molar-refractivity contribution in [2.45, 2.75) is 45.5 Å². The van der Waals surface area contributed by atoms with Gasteiger partial charge in [0.15, 0.2) is 0 Å². The zero-order chi connectivity index (χ0) is 15.5. The summed E-state index contributed by atoms with van der Waals surface area (Å²) >= 11 is 0. The van der Waals surface area contributed by atoms with Crippen LogP contribution in [0.5, 0.6) is 5.75 Å². The molecule has 1 aliphatic rings. The van der Waals surface area contributed by atoms with Gasteiger partial charge in [-0.15, -0.1) is 0 Å². The van der Waals surface area contributed by atoms with Gasteiger partial charge >= 0.3 is 0 Å². The van der Waals surface area contributed by atoms with E-state index in [9.17, 15) is 8.78 Å². The monoisotopic (exact) mass is 297 g/mol.